The molecule has 0 aromatic carbocycles. The molecule has 4 N–H and O–H groups in total. The van der Waals surface area contributed by atoms with E-state index in [0.717, 1.165) is 0 Å². The molecule has 9 nitrogen and oxygen atoms in total. The van der Waals surface area contributed by atoms with Crippen molar-refractivity contribution in [2.45, 2.75) is 11.1 Å². The summed E-state index contributed by atoms with van der Waals surface area (Å²) in [5.74, 6) is 0.432. The van der Waals surface area contributed by atoms with Crippen LogP contribution in [-0.2, 0) is 0 Å². The third-order valence-corrected chi connectivity index (χ3v) is 3.51. The molecule has 0 spiro atoms. The third kappa shape index (κ3) is 2.47. The van der Waals surface area contributed by atoms with Crippen LogP contribution in [0, 0.1) is 0 Å². The second-order valence-corrected chi connectivity index (χ2v) is 4.75. The second kappa shape index (κ2) is 5.12. The van der Waals surface area contributed by atoms with Crippen molar-refractivity contribution in [2.24, 2.45) is 10.9 Å². The molecule has 2 amide bonds. The summed E-state index contributed by atoms with van der Waals surface area (Å²) in [6.45, 7) is 0.621. The van der Waals surface area contributed by atoms with Gasteiger partial charge < -0.3 is 21.2 Å². The van der Waals surface area contributed by atoms with Crippen LogP contribution in [0.2, 0.25) is 0 Å². The van der Waals surface area contributed by atoms with Crippen LogP contribution in [0.5, 0.6) is 0 Å². The molecule has 1 aliphatic rings. The largest absolute Gasteiger partial charge is 0.409 e. The summed E-state index contributed by atoms with van der Waals surface area (Å²) in [6, 6.07) is -0.0834. The van der Waals surface area contributed by atoms with Crippen molar-refractivity contribution >= 4 is 23.6 Å². The highest BCUT2D eigenvalue weighted by atomic mass is 32.2. The molecule has 98 valence electrons. The van der Waals surface area contributed by atoms with Crippen molar-refractivity contribution in [3.05, 3.63) is 5.69 Å². The number of oxime groups is 1. The van der Waals surface area contributed by atoms with Gasteiger partial charge in [0, 0.05) is 19.3 Å². The number of amidine groups is 1. The Morgan fingerprint density at radius 3 is 3.17 bits per heavy atom. The summed E-state index contributed by atoms with van der Waals surface area (Å²) in [4.78, 5) is 12.8. The molecule has 1 fully saturated rings. The Morgan fingerprint density at radius 2 is 2.56 bits per heavy atom. The van der Waals surface area contributed by atoms with E-state index in [1.807, 2.05) is 0 Å². The molecule has 18 heavy (non-hydrogen) atoms. The van der Waals surface area contributed by atoms with Gasteiger partial charge in [0.1, 0.15) is 0 Å². The van der Waals surface area contributed by atoms with Crippen molar-refractivity contribution in [2.75, 3.05) is 19.3 Å². The minimum Gasteiger partial charge on any atom is -0.409 e. The number of aromatic nitrogens is 2. The Hall–Kier alpha value is -1.97. The molecule has 10 heteroatoms. The minimum absolute atomic E-state index is 0.0179. The van der Waals surface area contributed by atoms with Crippen LogP contribution in [-0.4, -0.2) is 57.7 Å². The standard InChI is InChI=1S/C8H12N6O3S/c1-14-2-4(10-8(14)15)3-18-7-5(6(9)11-16)12-17-13-7/h4,16H,2-3H2,1H3,(H2,9,11)(H,10,15)/t4-/m1/s1. The zero-order chi connectivity index (χ0) is 13.1. The van der Waals surface area contributed by atoms with Crippen molar-refractivity contribution in [3.63, 3.8) is 0 Å². The fourth-order valence-corrected chi connectivity index (χ4v) is 2.41. The lowest BCUT2D eigenvalue weighted by atomic mass is 10.4. The maximum Gasteiger partial charge on any atom is 0.317 e. The highest BCUT2D eigenvalue weighted by Crippen LogP contribution is 2.21. The molecule has 1 aromatic heterocycles. The summed E-state index contributed by atoms with van der Waals surface area (Å²) in [6.07, 6.45) is 0. The van der Waals surface area contributed by atoms with Gasteiger partial charge in [-0.15, -0.1) is 0 Å². The van der Waals surface area contributed by atoms with Crippen molar-refractivity contribution in [1.82, 2.24) is 20.5 Å². The average molecular weight is 272 g/mol. The van der Waals surface area contributed by atoms with Gasteiger partial charge in [-0.1, -0.05) is 16.9 Å². The number of nitrogens with one attached hydrogen (secondary N) is 1. The van der Waals surface area contributed by atoms with E-state index >= 15 is 0 Å². The summed E-state index contributed by atoms with van der Waals surface area (Å²) in [5, 5.41) is 21.8. The van der Waals surface area contributed by atoms with Gasteiger partial charge in [0.15, 0.2) is 16.6 Å². The number of nitrogens with zero attached hydrogens (tertiary/aromatic N) is 4. The SMILES string of the molecule is CN1C[C@H](CSc2nonc2/C(N)=N/O)NC1=O. The van der Waals surface area contributed by atoms with Gasteiger partial charge in [0.05, 0.1) is 6.04 Å². The van der Waals surface area contributed by atoms with Crippen LogP contribution in [0.15, 0.2) is 14.8 Å². The van der Waals surface area contributed by atoms with Gasteiger partial charge in [-0.25, -0.2) is 9.42 Å². The molecule has 0 aliphatic carbocycles. The molecule has 1 aliphatic heterocycles. The Labute approximate surface area is 106 Å². The number of hydrogen-bond donors (Lipinski definition) is 3. The molecular formula is C8H12N6O3S. The van der Waals surface area contributed by atoms with Crippen LogP contribution in [0.3, 0.4) is 0 Å². The number of nitrogens with two attached hydrogens (primary N) is 1. The third-order valence-electron chi connectivity index (χ3n) is 2.40. The number of thioether (sulfide) groups is 1. The van der Waals surface area contributed by atoms with Crippen molar-refractivity contribution in [3.8, 4) is 0 Å². The molecule has 0 radical (unpaired) electrons. The van der Waals surface area contributed by atoms with E-state index in [1.165, 1.54) is 11.8 Å². The molecule has 1 aromatic rings. The number of hydrogen-bond acceptors (Lipinski definition) is 7. The number of carbonyl (C=O) groups excluding carboxylic acids is 1. The Balaban J connectivity index is 1.95. The summed E-state index contributed by atoms with van der Waals surface area (Å²) in [7, 11) is 1.72. The van der Waals surface area contributed by atoms with E-state index in [2.05, 4.69) is 25.4 Å². The maximum absolute atomic E-state index is 11.3. The zero-order valence-corrected chi connectivity index (χ0v) is 10.3. The van der Waals surface area contributed by atoms with Gasteiger partial charge in [0.25, 0.3) is 0 Å². The van der Waals surface area contributed by atoms with Crippen LogP contribution in [0.1, 0.15) is 5.69 Å². The summed E-state index contributed by atoms with van der Waals surface area (Å²) in [5.41, 5.74) is 5.61. The Morgan fingerprint density at radius 1 is 1.78 bits per heavy atom. The monoisotopic (exact) mass is 272 g/mol. The van der Waals surface area contributed by atoms with Gasteiger partial charge >= 0.3 is 6.03 Å². The highest BCUT2D eigenvalue weighted by Gasteiger charge is 2.26. The van der Waals surface area contributed by atoms with E-state index in [1.54, 1.807) is 11.9 Å². The van der Waals surface area contributed by atoms with Crippen LogP contribution >= 0.6 is 11.8 Å². The first-order chi connectivity index (χ1) is 8.61. The number of likely N-dealkylation sites (N-methyl/N-ethyl adjacent to an activating group) is 1. The first-order valence-electron chi connectivity index (χ1n) is 5.06. The van der Waals surface area contributed by atoms with Gasteiger partial charge in [-0.05, 0) is 10.3 Å². The molecule has 2 rings (SSSR count). The van der Waals surface area contributed by atoms with E-state index in [-0.39, 0.29) is 23.6 Å². The number of rotatable bonds is 4. The van der Waals surface area contributed by atoms with Crippen LogP contribution < -0.4 is 11.1 Å². The summed E-state index contributed by atoms with van der Waals surface area (Å²) < 4.78 is 4.54. The van der Waals surface area contributed by atoms with Crippen molar-refractivity contribution < 1.29 is 14.6 Å². The Kier molecular flexibility index (Phi) is 3.55. The van der Waals surface area contributed by atoms with Gasteiger partial charge in [0.2, 0.25) is 0 Å². The smallest absolute Gasteiger partial charge is 0.317 e. The number of urea groups is 1. The lowest BCUT2D eigenvalue weighted by molar-refractivity contribution is 0.226. The highest BCUT2D eigenvalue weighted by molar-refractivity contribution is 7.99. The minimum atomic E-state index is -0.161. The predicted octanol–water partition coefficient (Wildman–Crippen LogP) is -0.720. The van der Waals surface area contributed by atoms with E-state index in [0.29, 0.717) is 17.3 Å². The maximum atomic E-state index is 11.3. The van der Waals surface area contributed by atoms with E-state index < -0.39 is 0 Å². The Bertz CT molecular complexity index is 475. The fourth-order valence-electron chi connectivity index (χ4n) is 1.50. The van der Waals surface area contributed by atoms with Gasteiger partial charge in [-0.2, -0.15) is 0 Å². The normalized spacial score (nSPS) is 20.3. The zero-order valence-electron chi connectivity index (χ0n) is 9.53. The van der Waals surface area contributed by atoms with Crippen molar-refractivity contribution in [1.29, 1.82) is 0 Å². The van der Waals surface area contributed by atoms with Crippen LogP contribution in [0.4, 0.5) is 4.79 Å². The molecule has 1 saturated heterocycles. The molecule has 0 unspecified atom stereocenters. The molecule has 0 saturated carbocycles. The molecule has 1 atom stereocenters. The first kappa shape index (κ1) is 12.5. The van der Waals surface area contributed by atoms with E-state index in [9.17, 15) is 4.79 Å². The summed E-state index contributed by atoms with van der Waals surface area (Å²) >= 11 is 1.32. The number of carbonyl (C=O) groups is 1. The van der Waals surface area contributed by atoms with Gasteiger partial charge in [-0.3, -0.25) is 0 Å². The quantitative estimate of drug-likeness (QED) is 0.217. The second-order valence-electron chi connectivity index (χ2n) is 3.74. The first-order valence-corrected chi connectivity index (χ1v) is 6.05. The molecule has 2 heterocycles. The molecule has 0 bridgehead atoms. The lowest BCUT2D eigenvalue weighted by Crippen LogP contribution is -2.28. The lowest BCUT2D eigenvalue weighted by Gasteiger charge is -2.07. The van der Waals surface area contributed by atoms with E-state index in [4.69, 9.17) is 10.9 Å². The number of amides is 2. The van der Waals surface area contributed by atoms with Crippen LogP contribution in [0.25, 0.3) is 0 Å². The predicted molar refractivity (Wildman–Crippen MR) is 62.5 cm³/mol. The topological polar surface area (TPSA) is 130 Å². The fraction of sp³-hybridized carbons (Fsp3) is 0.500. The average Bonchev–Trinajstić information content (AvgIpc) is 2.93. The molecular weight excluding hydrogens is 260 g/mol.